The number of ether oxygens (including phenoxy) is 1. The third-order valence-corrected chi connectivity index (χ3v) is 6.57. The van der Waals surface area contributed by atoms with Crippen LogP contribution in [0.4, 0.5) is 0 Å². The summed E-state index contributed by atoms with van der Waals surface area (Å²) in [7, 11) is 0. The fourth-order valence-electron chi connectivity index (χ4n) is 3.72. The zero-order chi connectivity index (χ0) is 23.0. The lowest BCUT2D eigenvalue weighted by molar-refractivity contribution is 0.0579. The fourth-order valence-corrected chi connectivity index (χ4v) is 4.03. The average Bonchev–Trinajstić information content (AvgIpc) is 2.72. The fraction of sp³-hybridized carbons (Fsp3) is 0.826. The van der Waals surface area contributed by atoms with E-state index in [-0.39, 0.29) is 42.5 Å². The van der Waals surface area contributed by atoms with E-state index in [4.69, 9.17) is 14.9 Å². The first-order valence-corrected chi connectivity index (χ1v) is 12.6. The second-order valence-corrected chi connectivity index (χ2v) is 9.58. The lowest BCUT2D eigenvalue weighted by atomic mass is 9.70. The molecular formula is C23H45IN2O4. The van der Waals surface area contributed by atoms with E-state index in [2.05, 4.69) is 67.5 Å². The van der Waals surface area contributed by atoms with Crippen molar-refractivity contribution in [2.45, 2.75) is 71.7 Å². The third-order valence-electron chi connectivity index (χ3n) is 6.03. The zero-order valence-electron chi connectivity index (χ0n) is 19.3. The van der Waals surface area contributed by atoms with Gasteiger partial charge in [-0.2, -0.15) is 0 Å². The molecule has 0 aliphatic heterocycles. The van der Waals surface area contributed by atoms with Crippen LogP contribution in [0.3, 0.4) is 0 Å². The lowest BCUT2D eigenvalue weighted by Crippen LogP contribution is -2.56. The van der Waals surface area contributed by atoms with Gasteiger partial charge in [0.05, 0.1) is 12.9 Å². The molecule has 0 spiro atoms. The van der Waals surface area contributed by atoms with Crippen molar-refractivity contribution in [1.29, 1.82) is 0 Å². The van der Waals surface area contributed by atoms with Crippen LogP contribution in [0.1, 0.15) is 53.4 Å². The number of rotatable bonds is 19. The number of hydrogen-bond acceptors (Lipinski definition) is 6. The predicted molar refractivity (Wildman–Crippen MR) is 134 cm³/mol. The summed E-state index contributed by atoms with van der Waals surface area (Å²) >= 11 is 2.36. The molecule has 0 rings (SSSR count). The number of alkyl halides is 1. The molecule has 0 bridgehead atoms. The Balaban J connectivity index is 5.20. The van der Waals surface area contributed by atoms with Crippen LogP contribution in [-0.2, 0) is 4.74 Å². The maximum absolute atomic E-state index is 10.7. The predicted octanol–water partition coefficient (Wildman–Crippen LogP) is 3.22. The molecule has 0 saturated carbocycles. The SMILES string of the molecule is C=C[C@@](C)(CC/C=C\OCCO)[C@@H](C)C(N[C@@H](O)C[C@H](C)CCO)[C@H](C)NCCI. The molecule has 0 aromatic heterocycles. The van der Waals surface area contributed by atoms with Crippen molar-refractivity contribution in [3.8, 4) is 0 Å². The molecule has 30 heavy (non-hydrogen) atoms. The van der Waals surface area contributed by atoms with E-state index in [0.29, 0.717) is 19.4 Å². The molecule has 0 radical (unpaired) electrons. The van der Waals surface area contributed by atoms with Crippen molar-refractivity contribution in [1.82, 2.24) is 10.6 Å². The summed E-state index contributed by atoms with van der Waals surface area (Å²) in [5, 5.41) is 35.6. The Morgan fingerprint density at radius 3 is 2.47 bits per heavy atom. The smallest absolute Gasteiger partial charge is 0.110 e. The maximum atomic E-state index is 10.7. The largest absolute Gasteiger partial charge is 0.499 e. The van der Waals surface area contributed by atoms with E-state index in [9.17, 15) is 5.11 Å². The van der Waals surface area contributed by atoms with E-state index in [1.165, 1.54) is 0 Å². The average molecular weight is 541 g/mol. The minimum absolute atomic E-state index is 0.0143. The molecule has 1 unspecified atom stereocenters. The Kier molecular flexibility index (Phi) is 17.3. The van der Waals surface area contributed by atoms with Gasteiger partial charge in [0.15, 0.2) is 0 Å². The molecule has 0 saturated heterocycles. The zero-order valence-corrected chi connectivity index (χ0v) is 21.5. The number of aliphatic hydroxyl groups excluding tert-OH is 3. The van der Waals surface area contributed by atoms with Gasteiger partial charge >= 0.3 is 0 Å². The van der Waals surface area contributed by atoms with Gasteiger partial charge in [0.25, 0.3) is 0 Å². The number of aliphatic hydroxyl groups is 3. The third kappa shape index (κ3) is 12.0. The topological polar surface area (TPSA) is 94.0 Å². The Morgan fingerprint density at radius 2 is 1.90 bits per heavy atom. The first-order chi connectivity index (χ1) is 14.2. The number of hydrogen-bond donors (Lipinski definition) is 5. The van der Waals surface area contributed by atoms with Gasteiger partial charge in [-0.05, 0) is 55.9 Å². The number of nitrogens with one attached hydrogen (secondary N) is 2. The highest BCUT2D eigenvalue weighted by Crippen LogP contribution is 2.37. The quantitative estimate of drug-likeness (QED) is 0.0432. The van der Waals surface area contributed by atoms with Crippen LogP contribution >= 0.6 is 22.6 Å². The van der Waals surface area contributed by atoms with Gasteiger partial charge in [-0.15, -0.1) is 6.58 Å². The van der Waals surface area contributed by atoms with Crippen molar-refractivity contribution in [2.24, 2.45) is 17.3 Å². The van der Waals surface area contributed by atoms with Crippen LogP contribution in [0.15, 0.2) is 25.0 Å². The summed E-state index contributed by atoms with van der Waals surface area (Å²) in [4.78, 5) is 0. The summed E-state index contributed by atoms with van der Waals surface area (Å²) in [6, 6.07) is 0.238. The van der Waals surface area contributed by atoms with E-state index in [1.54, 1.807) is 6.26 Å². The molecule has 0 aromatic rings. The molecule has 0 amide bonds. The molecule has 0 fully saturated rings. The van der Waals surface area contributed by atoms with Gasteiger partial charge in [-0.1, -0.05) is 49.4 Å². The van der Waals surface area contributed by atoms with Crippen LogP contribution in [0.5, 0.6) is 0 Å². The molecule has 0 heterocycles. The summed E-state index contributed by atoms with van der Waals surface area (Å²) in [6.45, 7) is 14.1. The molecule has 6 atom stereocenters. The first-order valence-electron chi connectivity index (χ1n) is 11.1. The summed E-state index contributed by atoms with van der Waals surface area (Å²) in [6.07, 6.45) is 8.09. The van der Waals surface area contributed by atoms with Gasteiger partial charge in [0.1, 0.15) is 12.8 Å². The van der Waals surface area contributed by atoms with Crippen LogP contribution in [0, 0.1) is 17.3 Å². The second kappa shape index (κ2) is 17.4. The summed E-state index contributed by atoms with van der Waals surface area (Å²) < 4.78 is 6.23. The van der Waals surface area contributed by atoms with E-state index < -0.39 is 6.23 Å². The van der Waals surface area contributed by atoms with Gasteiger partial charge < -0.3 is 25.4 Å². The molecule has 0 aromatic carbocycles. The van der Waals surface area contributed by atoms with Crippen LogP contribution in [0.25, 0.3) is 0 Å². The van der Waals surface area contributed by atoms with Crippen molar-refractivity contribution in [3.63, 3.8) is 0 Å². The minimum Gasteiger partial charge on any atom is -0.499 e. The highest BCUT2D eigenvalue weighted by molar-refractivity contribution is 14.1. The Hall–Kier alpha value is -0.190. The van der Waals surface area contributed by atoms with Gasteiger partial charge in [0, 0.05) is 29.7 Å². The number of allylic oxidation sites excluding steroid dienone is 2. The lowest BCUT2D eigenvalue weighted by Gasteiger charge is -2.42. The number of halogens is 1. The molecule has 5 N–H and O–H groups in total. The highest BCUT2D eigenvalue weighted by Gasteiger charge is 2.36. The van der Waals surface area contributed by atoms with E-state index in [1.807, 2.05) is 12.2 Å². The monoisotopic (exact) mass is 540 g/mol. The first kappa shape index (κ1) is 29.8. The standard InChI is InChI=1S/C23H45IN2O4/c1-6-23(5,10-7-8-15-30-16-14-28)19(3)22(20(4)25-12-11-24)26-21(29)17-18(2)9-13-27/h6,8,15,18-22,25-29H,1,7,9-14,16-17H2,2-5H3/b15-8-/t18-,19+,20+,21+,22?,23+/m1/s1. The highest BCUT2D eigenvalue weighted by atomic mass is 127. The van der Waals surface area contributed by atoms with E-state index >= 15 is 0 Å². The van der Waals surface area contributed by atoms with Crippen LogP contribution in [-0.4, -0.2) is 64.4 Å². The van der Waals surface area contributed by atoms with Crippen molar-refractivity contribution in [3.05, 3.63) is 25.0 Å². The summed E-state index contributed by atoms with van der Waals surface area (Å²) in [5.74, 6) is 0.474. The molecular weight excluding hydrogens is 495 g/mol. The molecule has 178 valence electrons. The molecule has 7 heteroatoms. The Labute approximate surface area is 197 Å². The van der Waals surface area contributed by atoms with Gasteiger partial charge in [-0.25, -0.2) is 0 Å². The molecule has 0 aliphatic rings. The van der Waals surface area contributed by atoms with Crippen molar-refractivity contribution < 1.29 is 20.1 Å². The van der Waals surface area contributed by atoms with Gasteiger partial charge in [-0.3, -0.25) is 5.32 Å². The summed E-state index contributed by atoms with van der Waals surface area (Å²) in [5.41, 5.74) is -0.129. The normalized spacial score (nSPS) is 19.1. The Bertz CT molecular complexity index is 466. The van der Waals surface area contributed by atoms with E-state index in [0.717, 1.165) is 23.8 Å². The van der Waals surface area contributed by atoms with Crippen molar-refractivity contribution >= 4 is 22.6 Å². The van der Waals surface area contributed by atoms with Crippen LogP contribution in [0.2, 0.25) is 0 Å². The minimum atomic E-state index is -0.622. The van der Waals surface area contributed by atoms with Crippen molar-refractivity contribution in [2.75, 3.05) is 30.8 Å². The maximum Gasteiger partial charge on any atom is 0.110 e. The Morgan fingerprint density at radius 1 is 1.20 bits per heavy atom. The second-order valence-electron chi connectivity index (χ2n) is 8.50. The van der Waals surface area contributed by atoms with Gasteiger partial charge in [0.2, 0.25) is 0 Å². The van der Waals surface area contributed by atoms with Crippen LogP contribution < -0.4 is 10.6 Å². The molecule has 6 nitrogen and oxygen atoms in total. The molecule has 0 aliphatic carbocycles.